The van der Waals surface area contributed by atoms with Crippen molar-refractivity contribution in [3.05, 3.63) is 12.8 Å². The van der Waals surface area contributed by atoms with Crippen LogP contribution in [0.25, 0.3) is 0 Å². The first-order valence-electron chi connectivity index (χ1n) is 5.89. The first kappa shape index (κ1) is 15.0. The number of nitrogens with zero attached hydrogens (tertiary/aromatic N) is 2. The second kappa shape index (κ2) is 6.19. The molecule has 0 aliphatic carbocycles. The van der Waals surface area contributed by atoms with Crippen molar-refractivity contribution in [3.8, 4) is 0 Å². The number of likely N-dealkylation sites (N-methyl/N-ethyl adjacent to an activating group) is 1. The predicted octanol–water partition coefficient (Wildman–Crippen LogP) is -0.110. The van der Waals surface area contributed by atoms with Gasteiger partial charge in [0.25, 0.3) is 0 Å². The van der Waals surface area contributed by atoms with Crippen LogP contribution >= 0.6 is 0 Å². The van der Waals surface area contributed by atoms with Crippen molar-refractivity contribution in [1.82, 2.24) is 15.1 Å². The van der Waals surface area contributed by atoms with E-state index >= 15 is 0 Å². The average Bonchev–Trinajstić information content (AvgIpc) is 2.59. The lowest BCUT2D eigenvalue weighted by Gasteiger charge is -2.29. The third-order valence-electron chi connectivity index (χ3n) is 2.92. The van der Waals surface area contributed by atoms with Crippen LogP contribution in [-0.2, 0) is 9.84 Å². The van der Waals surface area contributed by atoms with Gasteiger partial charge in [-0.05, 0) is 26.7 Å². The van der Waals surface area contributed by atoms with E-state index in [1.807, 2.05) is 19.0 Å². The van der Waals surface area contributed by atoms with Crippen molar-refractivity contribution in [2.75, 3.05) is 38.7 Å². The van der Waals surface area contributed by atoms with E-state index in [1.165, 1.54) is 6.20 Å². The molecule has 6 nitrogen and oxygen atoms in total. The fourth-order valence-corrected chi connectivity index (χ4v) is 3.68. The highest BCUT2D eigenvalue weighted by Gasteiger charge is 2.34. The number of urea groups is 1. The van der Waals surface area contributed by atoms with E-state index in [2.05, 4.69) is 11.9 Å². The predicted molar refractivity (Wildman–Crippen MR) is 71.0 cm³/mol. The summed E-state index contributed by atoms with van der Waals surface area (Å²) < 4.78 is 23.0. The molecule has 1 atom stereocenters. The van der Waals surface area contributed by atoms with E-state index in [9.17, 15) is 13.2 Å². The van der Waals surface area contributed by atoms with Gasteiger partial charge in [-0.15, -0.1) is 0 Å². The zero-order valence-corrected chi connectivity index (χ0v) is 11.7. The molecule has 1 aliphatic rings. The number of hydrogen-bond donors (Lipinski definition) is 1. The fraction of sp³-hybridized carbons (Fsp3) is 0.727. The summed E-state index contributed by atoms with van der Waals surface area (Å²) in [4.78, 5) is 15.4. The lowest BCUT2D eigenvalue weighted by molar-refractivity contribution is 0.176. The first-order valence-corrected chi connectivity index (χ1v) is 7.71. The maximum Gasteiger partial charge on any atom is 0.321 e. The van der Waals surface area contributed by atoms with Crippen LogP contribution in [0.4, 0.5) is 4.79 Å². The minimum absolute atomic E-state index is 0.0605. The standard InChI is InChI=1S/C11H21N3O3S/c1-4-12-11(15)14(7-6-13(2)3)10-5-8-18(16,17)9-10/h4,10H,1,5-9H2,2-3H3,(H,12,15). The van der Waals surface area contributed by atoms with Crippen molar-refractivity contribution in [2.45, 2.75) is 12.5 Å². The van der Waals surface area contributed by atoms with Gasteiger partial charge >= 0.3 is 6.03 Å². The number of rotatable bonds is 5. The molecule has 1 saturated heterocycles. The van der Waals surface area contributed by atoms with E-state index in [0.717, 1.165) is 0 Å². The highest BCUT2D eigenvalue weighted by molar-refractivity contribution is 7.91. The van der Waals surface area contributed by atoms with Gasteiger partial charge in [-0.1, -0.05) is 6.58 Å². The topological polar surface area (TPSA) is 69.7 Å². The summed E-state index contributed by atoms with van der Waals surface area (Å²) in [5, 5.41) is 2.51. The molecule has 7 heteroatoms. The van der Waals surface area contributed by atoms with Gasteiger partial charge in [-0.2, -0.15) is 0 Å². The Morgan fingerprint density at radius 1 is 1.44 bits per heavy atom. The molecule has 104 valence electrons. The minimum atomic E-state index is -2.99. The van der Waals surface area contributed by atoms with E-state index in [1.54, 1.807) is 4.90 Å². The normalized spacial score (nSPS) is 21.8. The van der Waals surface area contributed by atoms with Crippen molar-refractivity contribution in [1.29, 1.82) is 0 Å². The van der Waals surface area contributed by atoms with Crippen molar-refractivity contribution < 1.29 is 13.2 Å². The summed E-state index contributed by atoms with van der Waals surface area (Å²) in [5.41, 5.74) is 0. The van der Waals surface area contributed by atoms with Crippen molar-refractivity contribution in [2.24, 2.45) is 0 Å². The molecule has 2 amide bonds. The molecule has 1 unspecified atom stereocenters. The second-order valence-corrected chi connectivity index (χ2v) is 6.94. The van der Waals surface area contributed by atoms with Gasteiger partial charge in [-0.25, -0.2) is 13.2 Å². The summed E-state index contributed by atoms with van der Waals surface area (Å²) in [5.74, 6) is 0.225. The van der Waals surface area contributed by atoms with Gasteiger partial charge in [0.05, 0.1) is 11.5 Å². The maximum absolute atomic E-state index is 11.9. The SMILES string of the molecule is C=CNC(=O)N(CCN(C)C)C1CCS(=O)(=O)C1. The Bertz CT molecular complexity index is 406. The lowest BCUT2D eigenvalue weighted by Crippen LogP contribution is -2.47. The third kappa shape index (κ3) is 4.30. The van der Waals surface area contributed by atoms with Gasteiger partial charge in [0.2, 0.25) is 0 Å². The highest BCUT2D eigenvalue weighted by Crippen LogP contribution is 2.17. The molecule has 0 radical (unpaired) electrons. The highest BCUT2D eigenvalue weighted by atomic mass is 32.2. The molecule has 0 aromatic rings. The molecular weight excluding hydrogens is 254 g/mol. The maximum atomic E-state index is 11.9. The molecule has 18 heavy (non-hydrogen) atoms. The van der Waals surface area contributed by atoms with Crippen LogP contribution in [0.15, 0.2) is 12.8 Å². The van der Waals surface area contributed by atoms with Gasteiger partial charge in [0.15, 0.2) is 9.84 Å². The van der Waals surface area contributed by atoms with Crippen LogP contribution in [-0.4, -0.2) is 69.0 Å². The monoisotopic (exact) mass is 275 g/mol. The van der Waals surface area contributed by atoms with Gasteiger partial charge in [0.1, 0.15) is 0 Å². The van der Waals surface area contributed by atoms with Crippen molar-refractivity contribution >= 4 is 15.9 Å². The number of sulfone groups is 1. The molecule has 1 heterocycles. The van der Waals surface area contributed by atoms with Crippen LogP contribution in [0, 0.1) is 0 Å². The van der Waals surface area contributed by atoms with Crippen molar-refractivity contribution in [3.63, 3.8) is 0 Å². The number of amides is 2. The molecule has 0 aromatic heterocycles. The van der Waals surface area contributed by atoms with Crippen LogP contribution in [0.1, 0.15) is 6.42 Å². The molecular formula is C11H21N3O3S. The summed E-state index contributed by atoms with van der Waals surface area (Å²) in [6, 6.07) is -0.510. The Morgan fingerprint density at radius 3 is 2.56 bits per heavy atom. The molecule has 1 rings (SSSR count). The molecule has 1 N–H and O–H groups in total. The number of hydrogen-bond acceptors (Lipinski definition) is 4. The van der Waals surface area contributed by atoms with Crippen LogP contribution in [0.2, 0.25) is 0 Å². The van der Waals surface area contributed by atoms with Crippen LogP contribution in [0.5, 0.6) is 0 Å². The first-order chi connectivity index (χ1) is 8.35. The molecule has 1 fully saturated rings. The average molecular weight is 275 g/mol. The van der Waals surface area contributed by atoms with E-state index in [4.69, 9.17) is 0 Å². The Morgan fingerprint density at radius 2 is 2.11 bits per heavy atom. The Hall–Kier alpha value is -1.08. The molecule has 0 saturated carbocycles. The summed E-state index contributed by atoms with van der Waals surface area (Å²) in [7, 11) is 0.835. The summed E-state index contributed by atoms with van der Waals surface area (Å²) in [6.45, 7) is 4.65. The summed E-state index contributed by atoms with van der Waals surface area (Å²) in [6.07, 6.45) is 1.83. The zero-order valence-electron chi connectivity index (χ0n) is 10.9. The Kier molecular flexibility index (Phi) is 5.15. The molecule has 0 spiro atoms. The number of carbonyl (C=O) groups excluding carboxylic acids is 1. The Labute approximate surface area is 109 Å². The quantitative estimate of drug-likeness (QED) is 0.760. The van der Waals surface area contributed by atoms with E-state index in [-0.39, 0.29) is 23.6 Å². The number of nitrogens with one attached hydrogen (secondary N) is 1. The lowest BCUT2D eigenvalue weighted by atomic mass is 10.2. The van der Waals surface area contributed by atoms with Gasteiger partial charge < -0.3 is 15.1 Å². The number of carbonyl (C=O) groups is 1. The van der Waals surface area contributed by atoms with E-state index < -0.39 is 9.84 Å². The molecule has 0 aromatic carbocycles. The Balaban J connectivity index is 2.71. The minimum Gasteiger partial charge on any atom is -0.319 e. The third-order valence-corrected chi connectivity index (χ3v) is 4.67. The van der Waals surface area contributed by atoms with Crippen LogP contribution in [0.3, 0.4) is 0 Å². The molecule has 1 aliphatic heterocycles. The summed E-state index contributed by atoms with van der Waals surface area (Å²) >= 11 is 0. The fourth-order valence-electron chi connectivity index (χ4n) is 1.95. The molecule has 0 bridgehead atoms. The smallest absolute Gasteiger partial charge is 0.319 e. The van der Waals surface area contributed by atoms with Crippen LogP contribution < -0.4 is 5.32 Å². The van der Waals surface area contributed by atoms with E-state index in [0.29, 0.717) is 19.5 Å². The van der Waals surface area contributed by atoms with Gasteiger partial charge in [-0.3, -0.25) is 0 Å². The second-order valence-electron chi connectivity index (χ2n) is 4.71. The van der Waals surface area contributed by atoms with Gasteiger partial charge in [0, 0.05) is 19.1 Å². The zero-order chi connectivity index (χ0) is 13.8. The largest absolute Gasteiger partial charge is 0.321 e.